The zero-order valence-electron chi connectivity index (χ0n) is 13.2. The Morgan fingerprint density at radius 3 is 2.81 bits per heavy atom. The van der Waals surface area contributed by atoms with Crippen molar-refractivity contribution in [2.75, 3.05) is 25.1 Å². The van der Waals surface area contributed by atoms with Crippen molar-refractivity contribution in [2.24, 2.45) is 5.92 Å². The van der Waals surface area contributed by atoms with Gasteiger partial charge in [-0.05, 0) is 44.2 Å². The Morgan fingerprint density at radius 1 is 1.43 bits per heavy atom. The molecule has 1 aromatic rings. The van der Waals surface area contributed by atoms with Crippen molar-refractivity contribution >= 4 is 17.3 Å². The molecule has 2 fully saturated rings. The van der Waals surface area contributed by atoms with Crippen LogP contribution < -0.4 is 15.0 Å². The summed E-state index contributed by atoms with van der Waals surface area (Å²) in [6, 6.07) is 6.43. The molecule has 3 nitrogen and oxygen atoms in total. The van der Waals surface area contributed by atoms with Crippen molar-refractivity contribution in [1.29, 1.82) is 0 Å². The minimum absolute atomic E-state index is 0.206. The highest BCUT2D eigenvalue weighted by Crippen LogP contribution is 2.43. The lowest BCUT2D eigenvalue weighted by Gasteiger charge is -2.48. The van der Waals surface area contributed by atoms with Crippen molar-refractivity contribution in [3.8, 4) is 5.75 Å². The lowest BCUT2D eigenvalue weighted by Crippen LogP contribution is -2.64. The Labute approximate surface area is 132 Å². The summed E-state index contributed by atoms with van der Waals surface area (Å²) >= 11 is 6.48. The summed E-state index contributed by atoms with van der Waals surface area (Å²) in [6.07, 6.45) is 3.81. The van der Waals surface area contributed by atoms with Gasteiger partial charge in [0.1, 0.15) is 5.75 Å². The molecule has 21 heavy (non-hydrogen) atoms. The summed E-state index contributed by atoms with van der Waals surface area (Å²) < 4.78 is 5.38. The van der Waals surface area contributed by atoms with Crippen molar-refractivity contribution in [2.45, 2.75) is 44.7 Å². The van der Waals surface area contributed by atoms with E-state index >= 15 is 0 Å². The maximum atomic E-state index is 6.48. The Morgan fingerprint density at radius 2 is 2.19 bits per heavy atom. The predicted octanol–water partition coefficient (Wildman–Crippen LogP) is 3.71. The van der Waals surface area contributed by atoms with E-state index < -0.39 is 0 Å². The maximum absolute atomic E-state index is 6.48. The number of ether oxygens (including phenoxy) is 1. The number of halogens is 1. The molecule has 1 saturated heterocycles. The number of hydrogen-bond acceptors (Lipinski definition) is 3. The van der Waals surface area contributed by atoms with E-state index in [1.54, 1.807) is 7.11 Å². The average molecular weight is 309 g/mol. The Balaban J connectivity index is 1.92. The highest BCUT2D eigenvalue weighted by molar-refractivity contribution is 6.33. The molecule has 2 atom stereocenters. The zero-order chi connectivity index (χ0) is 15.0. The fourth-order valence-electron chi connectivity index (χ4n) is 3.48. The van der Waals surface area contributed by atoms with Crippen molar-refractivity contribution < 1.29 is 4.74 Å². The normalized spacial score (nSPS) is 29.5. The van der Waals surface area contributed by atoms with E-state index in [1.165, 1.54) is 12.8 Å². The molecular weight excluding hydrogens is 284 g/mol. The van der Waals surface area contributed by atoms with Gasteiger partial charge in [0.2, 0.25) is 0 Å². The van der Waals surface area contributed by atoms with Crippen LogP contribution in [0.2, 0.25) is 5.02 Å². The highest BCUT2D eigenvalue weighted by Gasteiger charge is 2.46. The molecule has 1 N–H and O–H groups in total. The molecule has 1 aromatic carbocycles. The first-order valence-corrected chi connectivity index (χ1v) is 8.30. The molecule has 2 aliphatic rings. The lowest BCUT2D eigenvalue weighted by atomic mass is 9.90. The van der Waals surface area contributed by atoms with Crippen LogP contribution in [-0.2, 0) is 0 Å². The topological polar surface area (TPSA) is 24.5 Å². The van der Waals surface area contributed by atoms with Crippen LogP contribution in [0, 0.1) is 5.92 Å². The molecule has 0 amide bonds. The van der Waals surface area contributed by atoms with Crippen LogP contribution in [0.15, 0.2) is 18.2 Å². The van der Waals surface area contributed by atoms with Gasteiger partial charge in [-0.2, -0.15) is 0 Å². The second-order valence-corrected chi connectivity index (χ2v) is 6.99. The Kier molecular flexibility index (Phi) is 4.06. The van der Waals surface area contributed by atoms with Gasteiger partial charge in [-0.3, -0.25) is 0 Å². The number of hydrogen-bond donors (Lipinski definition) is 1. The first-order chi connectivity index (χ1) is 10.1. The maximum Gasteiger partial charge on any atom is 0.121 e. The number of anilines is 1. The minimum Gasteiger partial charge on any atom is -0.497 e. The molecule has 1 saturated carbocycles. The van der Waals surface area contributed by atoms with Crippen LogP contribution in [0.4, 0.5) is 5.69 Å². The van der Waals surface area contributed by atoms with Gasteiger partial charge in [0, 0.05) is 30.7 Å². The number of nitrogens with zero attached hydrogens (tertiary/aromatic N) is 1. The molecule has 3 rings (SSSR count). The van der Waals surface area contributed by atoms with Gasteiger partial charge in [0.25, 0.3) is 0 Å². The van der Waals surface area contributed by atoms with E-state index in [1.807, 2.05) is 12.1 Å². The van der Waals surface area contributed by atoms with Crippen LogP contribution >= 0.6 is 11.6 Å². The van der Waals surface area contributed by atoms with Crippen molar-refractivity contribution in [1.82, 2.24) is 5.32 Å². The van der Waals surface area contributed by atoms with Gasteiger partial charge >= 0.3 is 0 Å². The van der Waals surface area contributed by atoms with Gasteiger partial charge in [-0.1, -0.05) is 18.5 Å². The number of rotatable bonds is 4. The molecule has 0 bridgehead atoms. The van der Waals surface area contributed by atoms with Gasteiger partial charge < -0.3 is 15.0 Å². The summed E-state index contributed by atoms with van der Waals surface area (Å²) in [4.78, 5) is 2.49. The Bertz CT molecular complexity index is 518. The molecule has 0 radical (unpaired) electrons. The summed E-state index contributed by atoms with van der Waals surface area (Å²) in [5.74, 6) is 1.68. The van der Waals surface area contributed by atoms with E-state index in [4.69, 9.17) is 16.3 Å². The molecule has 1 aliphatic carbocycles. The SMILES string of the molecule is CCC1CNC(C)(C2CC2)CN1c1cc(OC)ccc1Cl. The summed E-state index contributed by atoms with van der Waals surface area (Å²) in [7, 11) is 1.70. The van der Waals surface area contributed by atoms with E-state index in [2.05, 4.69) is 30.1 Å². The molecule has 4 heteroatoms. The van der Waals surface area contributed by atoms with E-state index in [0.717, 1.165) is 41.9 Å². The fraction of sp³-hybridized carbons (Fsp3) is 0.647. The second-order valence-electron chi connectivity index (χ2n) is 6.58. The monoisotopic (exact) mass is 308 g/mol. The van der Waals surface area contributed by atoms with E-state index in [0.29, 0.717) is 6.04 Å². The molecule has 0 spiro atoms. The second kappa shape index (κ2) is 5.69. The number of methoxy groups -OCH3 is 1. The molecule has 1 heterocycles. The van der Waals surface area contributed by atoms with Gasteiger partial charge in [0.05, 0.1) is 17.8 Å². The molecule has 116 valence electrons. The molecule has 2 unspecified atom stereocenters. The summed E-state index contributed by atoms with van der Waals surface area (Å²) in [5.41, 5.74) is 1.31. The highest BCUT2D eigenvalue weighted by atomic mass is 35.5. The number of benzene rings is 1. The van der Waals surface area contributed by atoms with Gasteiger partial charge in [-0.15, -0.1) is 0 Å². The van der Waals surface area contributed by atoms with E-state index in [-0.39, 0.29) is 5.54 Å². The smallest absolute Gasteiger partial charge is 0.121 e. The van der Waals surface area contributed by atoms with Crippen molar-refractivity contribution in [3.05, 3.63) is 23.2 Å². The zero-order valence-corrected chi connectivity index (χ0v) is 13.9. The fourth-order valence-corrected chi connectivity index (χ4v) is 3.71. The molecule has 0 aromatic heterocycles. The molecular formula is C17H25ClN2O. The number of nitrogens with one attached hydrogen (secondary N) is 1. The van der Waals surface area contributed by atoms with Gasteiger partial charge in [-0.25, -0.2) is 0 Å². The predicted molar refractivity (Wildman–Crippen MR) is 88.6 cm³/mol. The Hall–Kier alpha value is -0.930. The summed E-state index contributed by atoms with van der Waals surface area (Å²) in [6.45, 7) is 6.64. The standard InChI is InChI=1S/C17H25ClN2O/c1-4-13-10-19-17(2,12-5-6-12)11-20(13)16-9-14(21-3)7-8-15(16)18/h7-9,12-13,19H,4-6,10-11H2,1-3H3. The first kappa shape index (κ1) is 15.0. The van der Waals surface area contributed by atoms with Crippen molar-refractivity contribution in [3.63, 3.8) is 0 Å². The van der Waals surface area contributed by atoms with Gasteiger partial charge in [0.15, 0.2) is 0 Å². The lowest BCUT2D eigenvalue weighted by molar-refractivity contribution is 0.252. The number of piperazine rings is 1. The third kappa shape index (κ3) is 2.86. The van der Waals surface area contributed by atoms with Crippen LogP contribution in [0.1, 0.15) is 33.1 Å². The third-order valence-corrected chi connectivity index (χ3v) is 5.41. The average Bonchev–Trinajstić information content (AvgIpc) is 3.33. The third-order valence-electron chi connectivity index (χ3n) is 5.09. The van der Waals surface area contributed by atoms with Crippen LogP contribution in [0.5, 0.6) is 5.75 Å². The van der Waals surface area contributed by atoms with Crippen LogP contribution in [-0.4, -0.2) is 31.8 Å². The summed E-state index contributed by atoms with van der Waals surface area (Å²) in [5, 5.41) is 4.60. The first-order valence-electron chi connectivity index (χ1n) is 7.92. The largest absolute Gasteiger partial charge is 0.497 e. The minimum atomic E-state index is 0.206. The van der Waals surface area contributed by atoms with E-state index in [9.17, 15) is 0 Å². The van der Waals surface area contributed by atoms with Crippen LogP contribution in [0.3, 0.4) is 0 Å². The molecule has 1 aliphatic heterocycles. The quantitative estimate of drug-likeness (QED) is 0.918. The van der Waals surface area contributed by atoms with Crippen LogP contribution in [0.25, 0.3) is 0 Å².